The third-order valence-corrected chi connectivity index (χ3v) is 4.59. The normalized spacial score (nSPS) is 18.3. The summed E-state index contributed by atoms with van der Waals surface area (Å²) in [6, 6.07) is 7.07. The molecule has 0 aliphatic carbocycles. The average Bonchev–Trinajstić information content (AvgIpc) is 2.45. The van der Waals surface area contributed by atoms with E-state index in [1.54, 1.807) is 24.3 Å². The number of hydrogen-bond acceptors (Lipinski definition) is 2. The molecule has 0 bridgehead atoms. The summed E-state index contributed by atoms with van der Waals surface area (Å²) in [5, 5.41) is 2.84. The van der Waals surface area contributed by atoms with Crippen molar-refractivity contribution in [3.8, 4) is 0 Å². The largest absolute Gasteiger partial charge is 0.332 e. The molecule has 1 atom stereocenters. The Bertz CT molecular complexity index is 484. The van der Waals surface area contributed by atoms with E-state index >= 15 is 0 Å². The van der Waals surface area contributed by atoms with Crippen LogP contribution in [0.5, 0.6) is 0 Å². The first-order valence-electron chi connectivity index (χ1n) is 6.75. The van der Waals surface area contributed by atoms with Gasteiger partial charge in [0, 0.05) is 23.1 Å². The molecule has 1 N–H and O–H groups in total. The number of nitrogens with zero attached hydrogens (tertiary/aromatic N) is 1. The number of carbonyl (C=O) groups excluding carboxylic acids is 1. The lowest BCUT2D eigenvalue weighted by Gasteiger charge is -2.38. The van der Waals surface area contributed by atoms with Gasteiger partial charge in [-0.15, -0.1) is 0 Å². The molecule has 1 aliphatic heterocycles. The van der Waals surface area contributed by atoms with Crippen molar-refractivity contribution in [2.45, 2.75) is 29.2 Å². The zero-order chi connectivity index (χ0) is 15.5. The molecule has 3 nitrogen and oxygen atoms in total. The molecule has 0 unspecified atom stereocenters. The molecule has 0 aromatic heterocycles. The predicted octanol–water partition coefficient (Wildman–Crippen LogP) is 4.36. The molecule has 0 spiro atoms. The monoisotopic (exact) mass is 412 g/mol. The maximum absolute atomic E-state index is 12.3. The molecule has 2 rings (SSSR count). The third-order valence-electron chi connectivity index (χ3n) is 3.44. The maximum atomic E-state index is 12.3. The molecule has 1 aromatic carbocycles. The van der Waals surface area contributed by atoms with Gasteiger partial charge in [0.2, 0.25) is 3.79 Å². The first kappa shape index (κ1) is 17.4. The average molecular weight is 415 g/mol. The summed E-state index contributed by atoms with van der Waals surface area (Å²) in [4.78, 5) is 14.3. The summed E-state index contributed by atoms with van der Waals surface area (Å²) >= 11 is 21.5. The van der Waals surface area contributed by atoms with Crippen molar-refractivity contribution in [2.24, 2.45) is 0 Å². The minimum atomic E-state index is -1.57. The Morgan fingerprint density at radius 2 is 1.71 bits per heavy atom. The summed E-state index contributed by atoms with van der Waals surface area (Å²) in [7, 11) is 0. The number of piperidine rings is 1. The number of likely N-dealkylation sites (tertiary alicyclic amines) is 1. The van der Waals surface area contributed by atoms with E-state index in [4.69, 9.17) is 34.8 Å². The van der Waals surface area contributed by atoms with E-state index in [1.165, 1.54) is 6.42 Å². The third kappa shape index (κ3) is 5.00. The maximum Gasteiger partial charge on any atom is 0.252 e. The first-order chi connectivity index (χ1) is 9.88. The minimum Gasteiger partial charge on any atom is -0.332 e. The summed E-state index contributed by atoms with van der Waals surface area (Å²) in [5.41, 5.74) is 0.537. The van der Waals surface area contributed by atoms with Gasteiger partial charge >= 0.3 is 0 Å². The van der Waals surface area contributed by atoms with Crippen LogP contribution >= 0.6 is 50.7 Å². The molecule has 0 saturated carbocycles. The van der Waals surface area contributed by atoms with Gasteiger partial charge in [0.1, 0.15) is 6.17 Å². The van der Waals surface area contributed by atoms with E-state index in [9.17, 15) is 4.79 Å². The van der Waals surface area contributed by atoms with Crippen LogP contribution in [0.3, 0.4) is 0 Å². The van der Waals surface area contributed by atoms with E-state index < -0.39 is 9.96 Å². The highest BCUT2D eigenvalue weighted by Crippen LogP contribution is 2.33. The molecular formula is C14H16BrCl3N2O. The Morgan fingerprint density at radius 1 is 1.14 bits per heavy atom. The van der Waals surface area contributed by atoms with E-state index in [0.717, 1.165) is 30.4 Å². The van der Waals surface area contributed by atoms with Gasteiger partial charge < -0.3 is 5.32 Å². The lowest BCUT2D eigenvalue weighted by atomic mass is 10.1. The predicted molar refractivity (Wildman–Crippen MR) is 91.1 cm³/mol. The molecular weight excluding hydrogens is 398 g/mol. The fourth-order valence-electron chi connectivity index (χ4n) is 2.37. The van der Waals surface area contributed by atoms with E-state index in [2.05, 4.69) is 21.2 Å². The van der Waals surface area contributed by atoms with Crippen LogP contribution in [0, 0.1) is 0 Å². The first-order valence-corrected chi connectivity index (χ1v) is 8.68. The van der Waals surface area contributed by atoms with Crippen molar-refractivity contribution >= 4 is 56.6 Å². The molecule has 1 saturated heterocycles. The Labute approximate surface area is 148 Å². The standard InChI is InChI=1S/C14H16BrCl3N2O/c15-11-6-4-10(5-7-11)12(21)19-13(14(16,17)18)20-8-2-1-3-9-20/h4-7,13H,1-3,8-9H2,(H,19,21)/t13-/m0/s1. The van der Waals surface area contributed by atoms with Gasteiger partial charge in [0.05, 0.1) is 0 Å². The van der Waals surface area contributed by atoms with Crippen LogP contribution < -0.4 is 5.32 Å². The summed E-state index contributed by atoms with van der Waals surface area (Å²) < 4.78 is -0.657. The SMILES string of the molecule is O=C(N[C@@H](N1CCCCC1)C(Cl)(Cl)Cl)c1ccc(Br)cc1. The van der Waals surface area contributed by atoms with E-state index in [0.29, 0.717) is 5.56 Å². The zero-order valence-corrected chi connectivity index (χ0v) is 15.1. The number of carbonyl (C=O) groups is 1. The molecule has 1 aliphatic rings. The number of rotatable bonds is 3. The van der Waals surface area contributed by atoms with Gasteiger partial charge in [-0.2, -0.15) is 0 Å². The van der Waals surface area contributed by atoms with Gasteiger partial charge in [0.15, 0.2) is 0 Å². The van der Waals surface area contributed by atoms with Gasteiger partial charge in [-0.1, -0.05) is 57.2 Å². The van der Waals surface area contributed by atoms with Crippen molar-refractivity contribution in [3.63, 3.8) is 0 Å². The molecule has 1 heterocycles. The Kier molecular flexibility index (Phi) is 6.21. The fraction of sp³-hybridized carbons (Fsp3) is 0.500. The summed E-state index contributed by atoms with van der Waals surface area (Å²) in [6.07, 6.45) is 2.64. The molecule has 21 heavy (non-hydrogen) atoms. The number of alkyl halides is 3. The zero-order valence-electron chi connectivity index (χ0n) is 11.3. The van der Waals surface area contributed by atoms with E-state index in [1.807, 2.05) is 4.90 Å². The van der Waals surface area contributed by atoms with Crippen LogP contribution in [-0.4, -0.2) is 33.9 Å². The quantitative estimate of drug-likeness (QED) is 0.746. The topological polar surface area (TPSA) is 32.3 Å². The lowest BCUT2D eigenvalue weighted by Crippen LogP contribution is -2.56. The van der Waals surface area contributed by atoms with Gasteiger partial charge in [-0.05, 0) is 37.1 Å². The lowest BCUT2D eigenvalue weighted by molar-refractivity contribution is 0.0819. The Balaban J connectivity index is 2.10. The van der Waals surface area contributed by atoms with Crippen molar-refractivity contribution in [2.75, 3.05) is 13.1 Å². The van der Waals surface area contributed by atoms with Crippen LogP contribution in [0.2, 0.25) is 0 Å². The number of hydrogen-bond donors (Lipinski definition) is 1. The fourth-order valence-corrected chi connectivity index (χ4v) is 3.21. The summed E-state index contributed by atoms with van der Waals surface area (Å²) in [5.74, 6) is -0.246. The van der Waals surface area contributed by atoms with Crippen molar-refractivity contribution < 1.29 is 4.79 Å². The summed E-state index contributed by atoms with van der Waals surface area (Å²) in [6.45, 7) is 1.64. The van der Waals surface area contributed by atoms with Gasteiger partial charge in [-0.3, -0.25) is 9.69 Å². The molecule has 0 radical (unpaired) electrons. The Hall–Kier alpha value is -0.000000000000000167. The van der Waals surface area contributed by atoms with Crippen molar-refractivity contribution in [1.29, 1.82) is 0 Å². The van der Waals surface area contributed by atoms with Crippen LogP contribution in [0.4, 0.5) is 0 Å². The van der Waals surface area contributed by atoms with Crippen LogP contribution in [0.1, 0.15) is 29.6 Å². The number of benzene rings is 1. The molecule has 7 heteroatoms. The highest BCUT2D eigenvalue weighted by molar-refractivity contribution is 9.10. The molecule has 1 fully saturated rings. The minimum absolute atomic E-state index is 0.246. The highest BCUT2D eigenvalue weighted by atomic mass is 79.9. The molecule has 1 aromatic rings. The molecule has 116 valence electrons. The van der Waals surface area contributed by atoms with Gasteiger partial charge in [0.25, 0.3) is 5.91 Å². The molecule has 1 amide bonds. The van der Waals surface area contributed by atoms with Crippen molar-refractivity contribution in [3.05, 3.63) is 34.3 Å². The van der Waals surface area contributed by atoms with Crippen LogP contribution in [-0.2, 0) is 0 Å². The Morgan fingerprint density at radius 3 is 2.24 bits per heavy atom. The van der Waals surface area contributed by atoms with E-state index in [-0.39, 0.29) is 5.91 Å². The number of amides is 1. The van der Waals surface area contributed by atoms with Crippen LogP contribution in [0.25, 0.3) is 0 Å². The number of nitrogens with one attached hydrogen (secondary N) is 1. The van der Waals surface area contributed by atoms with Crippen molar-refractivity contribution in [1.82, 2.24) is 10.2 Å². The highest BCUT2D eigenvalue weighted by Gasteiger charge is 2.38. The smallest absolute Gasteiger partial charge is 0.252 e. The second kappa shape index (κ2) is 7.51. The van der Waals surface area contributed by atoms with Crippen LogP contribution in [0.15, 0.2) is 28.7 Å². The second-order valence-electron chi connectivity index (χ2n) is 5.02. The number of halogens is 4. The second-order valence-corrected chi connectivity index (χ2v) is 8.31. The van der Waals surface area contributed by atoms with Gasteiger partial charge in [-0.25, -0.2) is 0 Å².